The summed E-state index contributed by atoms with van der Waals surface area (Å²) < 4.78 is 3.74. The summed E-state index contributed by atoms with van der Waals surface area (Å²) in [6.45, 7) is 1.61. The predicted octanol–water partition coefficient (Wildman–Crippen LogP) is 6.47. The highest BCUT2D eigenvalue weighted by Crippen LogP contribution is 2.80. The molecule has 0 aromatic rings. The molecule has 0 aliphatic carbocycles. The first kappa shape index (κ1) is 13.4. The lowest BCUT2D eigenvalue weighted by molar-refractivity contribution is 1.06. The molecule has 0 fully saturated rings. The highest BCUT2D eigenvalue weighted by molar-refractivity contribution is 8.33. The van der Waals surface area contributed by atoms with E-state index < -0.39 is 16.2 Å². The molecule has 0 rings (SSSR count). The average Bonchev–Trinajstić information content (AvgIpc) is 1.56. The molecule has 0 heterocycles. The van der Waals surface area contributed by atoms with Crippen LogP contribution in [0.5, 0.6) is 0 Å². The first-order chi connectivity index (χ1) is 4.63. The first-order valence-electron chi connectivity index (χ1n) is 2.31. The third-order valence-corrected chi connectivity index (χ3v) is 5.80. The van der Waals surface area contributed by atoms with Gasteiger partial charge in [-0.1, -0.05) is 0 Å². The number of hydrogen-bond acceptors (Lipinski definition) is 1. The van der Waals surface area contributed by atoms with Crippen LogP contribution in [0.25, 0.3) is 0 Å². The van der Waals surface area contributed by atoms with E-state index in [0.29, 0.717) is 0 Å². The number of rotatable bonds is 2. The second-order valence-corrected chi connectivity index (χ2v) is 16.8. The monoisotopic (exact) mass is 314 g/mol. The molecule has 1 unspecified atom stereocenters. The summed E-state index contributed by atoms with van der Waals surface area (Å²) in [6.07, 6.45) is 0. The van der Waals surface area contributed by atoms with Gasteiger partial charge in [-0.15, -0.1) is 0 Å². The highest BCUT2D eigenvalue weighted by Gasteiger charge is 2.41. The van der Waals surface area contributed by atoms with Gasteiger partial charge in [0.05, 0.1) is 0 Å². The Bertz CT molecular complexity index is 171. The van der Waals surface area contributed by atoms with Crippen molar-refractivity contribution in [3.05, 3.63) is 0 Å². The molecule has 0 saturated carbocycles. The van der Waals surface area contributed by atoms with Gasteiger partial charge in [-0.3, -0.25) is 0 Å². The lowest BCUT2D eigenvalue weighted by Crippen LogP contribution is -1.89. The van der Waals surface area contributed by atoms with Crippen LogP contribution in [0.1, 0.15) is 6.92 Å². The number of nitrogens with zero attached hydrogens (tertiary/aromatic N) is 1. The Hall–Kier alpha value is 2.40. The van der Waals surface area contributed by atoms with Crippen molar-refractivity contribution in [1.82, 2.24) is 0 Å². The molecule has 0 radical (unpaired) electrons. The van der Waals surface area contributed by atoms with Crippen molar-refractivity contribution in [3.63, 3.8) is 0 Å². The summed E-state index contributed by atoms with van der Waals surface area (Å²) >= 11 is 33.1. The van der Waals surface area contributed by atoms with Crippen molar-refractivity contribution in [2.24, 2.45) is 4.74 Å². The minimum Gasteiger partial charge on any atom is -0.214 e. The largest absolute Gasteiger partial charge is 0.331 e. The van der Waals surface area contributed by atoms with E-state index >= 15 is 0 Å². The fourth-order valence-electron chi connectivity index (χ4n) is 0.248. The van der Waals surface area contributed by atoms with Gasteiger partial charge in [-0.2, -0.15) is 0 Å². The van der Waals surface area contributed by atoms with E-state index in [4.69, 9.17) is 67.4 Å². The summed E-state index contributed by atoms with van der Waals surface area (Å²) in [5.74, 6) is -0.506. The SMILES string of the molecule is CC(N=P(Cl)(Cl)Cl)[P+](Cl)(Cl)Cl. The number of halogens is 6. The van der Waals surface area contributed by atoms with Crippen molar-refractivity contribution >= 4 is 77.9 Å². The molecule has 68 valence electrons. The Morgan fingerprint density at radius 2 is 1.55 bits per heavy atom. The fourth-order valence-corrected chi connectivity index (χ4v) is 4.34. The van der Waals surface area contributed by atoms with Gasteiger partial charge in [-0.25, -0.2) is 4.74 Å². The van der Waals surface area contributed by atoms with Crippen LogP contribution in [0.15, 0.2) is 4.74 Å². The molecule has 0 aliphatic rings. The van der Waals surface area contributed by atoms with Gasteiger partial charge in [0, 0.05) is 0 Å². The molecule has 0 bridgehead atoms. The van der Waals surface area contributed by atoms with E-state index in [1.165, 1.54) is 0 Å². The maximum Gasteiger partial charge on any atom is 0.331 e. The number of hydrogen-bond donors (Lipinski definition) is 0. The van der Waals surface area contributed by atoms with Gasteiger partial charge >= 0.3 is 5.32 Å². The van der Waals surface area contributed by atoms with Crippen molar-refractivity contribution in [1.29, 1.82) is 0 Å². The average molecular weight is 317 g/mol. The molecular formula is C2H4Cl6NP2+. The smallest absolute Gasteiger partial charge is 0.214 e. The van der Waals surface area contributed by atoms with Crippen molar-refractivity contribution in [3.8, 4) is 0 Å². The van der Waals surface area contributed by atoms with Crippen LogP contribution in [0.4, 0.5) is 0 Å². The summed E-state index contributed by atoms with van der Waals surface area (Å²) in [5.41, 5.74) is 0. The van der Waals surface area contributed by atoms with E-state index in [0.717, 1.165) is 0 Å². The van der Waals surface area contributed by atoms with Crippen LogP contribution in [-0.4, -0.2) is 5.78 Å². The predicted molar refractivity (Wildman–Crippen MR) is 60.8 cm³/mol. The maximum atomic E-state index is 5.58. The van der Waals surface area contributed by atoms with E-state index in [1.807, 2.05) is 0 Å². The third kappa shape index (κ3) is 7.47. The molecule has 0 N–H and O–H groups in total. The molecule has 9 heteroatoms. The van der Waals surface area contributed by atoms with Gasteiger partial charge < -0.3 is 0 Å². The lowest BCUT2D eigenvalue weighted by atomic mass is 10.8. The molecule has 1 nitrogen and oxygen atoms in total. The Balaban J connectivity index is 4.43. The molecule has 0 aromatic carbocycles. The van der Waals surface area contributed by atoms with E-state index in [-0.39, 0.29) is 0 Å². The standard InChI is InChI=1S/C2H4Cl6NP2/c1-2(10(3,4)5)9-11(6,7)8/h2H,1H3/q+1. The first-order valence-corrected chi connectivity index (χ1v) is 11.3. The quantitative estimate of drug-likeness (QED) is 0.517. The fraction of sp³-hybridized carbons (Fsp3) is 1.00. The van der Waals surface area contributed by atoms with Gasteiger partial charge in [-0.05, 0) is 40.6 Å². The lowest BCUT2D eigenvalue weighted by Gasteiger charge is -2.06. The molecule has 0 aromatic heterocycles. The zero-order chi connectivity index (χ0) is 9.28. The molecule has 0 spiro atoms. The Morgan fingerprint density at radius 1 is 1.18 bits per heavy atom. The Labute approximate surface area is 94.8 Å². The highest BCUT2D eigenvalue weighted by atomic mass is 36.1. The molecule has 0 saturated heterocycles. The van der Waals surface area contributed by atoms with Crippen LogP contribution in [0.3, 0.4) is 0 Å². The Morgan fingerprint density at radius 3 is 1.64 bits per heavy atom. The van der Waals surface area contributed by atoms with Crippen LogP contribution >= 0.6 is 77.9 Å². The summed E-state index contributed by atoms with van der Waals surface area (Å²) in [6, 6.07) is 0. The van der Waals surface area contributed by atoms with Crippen molar-refractivity contribution < 1.29 is 0 Å². The summed E-state index contributed by atoms with van der Waals surface area (Å²) in [5, 5.41) is -5.33. The van der Waals surface area contributed by atoms with E-state index in [9.17, 15) is 0 Å². The van der Waals surface area contributed by atoms with E-state index in [1.54, 1.807) is 6.92 Å². The summed E-state index contributed by atoms with van der Waals surface area (Å²) in [4.78, 5) is 0. The maximum absolute atomic E-state index is 5.58. The van der Waals surface area contributed by atoms with Crippen LogP contribution in [-0.2, 0) is 0 Å². The van der Waals surface area contributed by atoms with Gasteiger partial charge in [0.25, 0.3) is 0 Å². The van der Waals surface area contributed by atoms with Crippen molar-refractivity contribution in [2.45, 2.75) is 12.7 Å². The minimum absolute atomic E-state index is 0.506. The molecule has 1 atom stereocenters. The Kier molecular flexibility index (Phi) is 5.80. The topological polar surface area (TPSA) is 12.4 Å². The van der Waals surface area contributed by atoms with Crippen LogP contribution < -0.4 is 0 Å². The third-order valence-electron chi connectivity index (χ3n) is 0.722. The van der Waals surface area contributed by atoms with Crippen molar-refractivity contribution in [2.75, 3.05) is 0 Å². The van der Waals surface area contributed by atoms with Gasteiger partial charge in [0.1, 0.15) is 33.7 Å². The molecule has 0 amide bonds. The van der Waals surface area contributed by atoms with Crippen LogP contribution in [0.2, 0.25) is 0 Å². The molecule has 0 aliphatic heterocycles. The van der Waals surface area contributed by atoms with Gasteiger partial charge in [0.15, 0.2) is 0 Å². The zero-order valence-corrected chi connectivity index (χ0v) is 11.5. The van der Waals surface area contributed by atoms with Crippen LogP contribution in [0, 0.1) is 0 Å². The second kappa shape index (κ2) is 4.76. The summed E-state index contributed by atoms with van der Waals surface area (Å²) in [7, 11) is 0. The normalized spacial score (nSPS) is 16.3. The zero-order valence-electron chi connectivity index (χ0n) is 5.19. The van der Waals surface area contributed by atoms with E-state index in [2.05, 4.69) is 4.74 Å². The molecular weight excluding hydrogens is 313 g/mol. The molecule has 11 heavy (non-hydrogen) atoms. The van der Waals surface area contributed by atoms with Gasteiger partial charge in [0.2, 0.25) is 10.9 Å². The second-order valence-electron chi connectivity index (χ2n) is 1.65. The minimum atomic E-state index is -2.75.